The van der Waals surface area contributed by atoms with Gasteiger partial charge in [-0.2, -0.15) is 0 Å². The minimum absolute atomic E-state index is 0.0724. The highest BCUT2D eigenvalue weighted by Crippen LogP contribution is 2.83. The normalized spacial score (nSPS) is 40.7. The molecule has 7 aliphatic carbocycles. The van der Waals surface area contributed by atoms with Crippen molar-refractivity contribution in [2.24, 2.45) is 50.2 Å². The van der Waals surface area contributed by atoms with Crippen molar-refractivity contribution in [3.05, 3.63) is 93.1 Å². The monoisotopic (exact) mass is 1050 g/mol. The molecule has 6 heterocycles. The van der Waals surface area contributed by atoms with Gasteiger partial charge in [0.2, 0.25) is 0 Å². The van der Waals surface area contributed by atoms with Gasteiger partial charge in [0.05, 0.1) is 34.8 Å². The van der Waals surface area contributed by atoms with Crippen molar-refractivity contribution >= 4 is 22.6 Å². The maximum atomic E-state index is 15.9. The summed E-state index contributed by atoms with van der Waals surface area (Å²) in [6.07, 6.45) is 22.1. The number of aromatic amines is 2. The van der Waals surface area contributed by atoms with Crippen LogP contribution in [-0.4, -0.2) is 87.0 Å². The predicted octanol–water partition coefficient (Wildman–Crippen LogP) is 12.3. The second-order valence-corrected chi connectivity index (χ2v) is 29.3. The number of H-pyrrole nitrogens is 2. The van der Waals surface area contributed by atoms with E-state index in [1.165, 1.54) is 87.8 Å². The van der Waals surface area contributed by atoms with E-state index in [0.29, 0.717) is 49.3 Å². The quantitative estimate of drug-likeness (QED) is 0.0995. The van der Waals surface area contributed by atoms with Crippen molar-refractivity contribution in [3.8, 4) is 0 Å². The summed E-state index contributed by atoms with van der Waals surface area (Å²) in [4.78, 5) is 39.4. The van der Waals surface area contributed by atoms with E-state index < -0.39 is 44.9 Å². The van der Waals surface area contributed by atoms with Gasteiger partial charge in [0, 0.05) is 79.2 Å². The largest absolute Gasteiger partial charge is 0.392 e. The first kappa shape index (κ1) is 51.4. The molecule has 14 rings (SSSR count). The Morgan fingerprint density at radius 3 is 2.35 bits per heavy atom. The number of rotatable bonds is 10. The van der Waals surface area contributed by atoms with Crippen LogP contribution in [0.5, 0.6) is 0 Å². The van der Waals surface area contributed by atoms with Gasteiger partial charge < -0.3 is 39.5 Å². The third-order valence-electron chi connectivity index (χ3n) is 25.3. The maximum absolute atomic E-state index is 15.9. The highest BCUT2D eigenvalue weighted by molar-refractivity contribution is 6.02. The summed E-state index contributed by atoms with van der Waals surface area (Å²) in [5.41, 5.74) is 10.4. The van der Waals surface area contributed by atoms with E-state index in [-0.39, 0.29) is 41.0 Å². The topological polar surface area (TPSA) is 145 Å². The highest BCUT2D eigenvalue weighted by atomic mass is 16.6. The predicted molar refractivity (Wildman–Crippen MR) is 301 cm³/mol. The van der Waals surface area contributed by atoms with Crippen molar-refractivity contribution in [1.29, 1.82) is 0 Å². The molecule has 4 aromatic rings. The van der Waals surface area contributed by atoms with Crippen LogP contribution in [0.25, 0.3) is 11.0 Å². The molecule has 1 aromatic carbocycles. The lowest BCUT2D eigenvalue weighted by Crippen LogP contribution is -2.74. The number of carbonyl (C=O) groups is 2. The fraction of sp³-hybridized carbons (Fsp3) is 0.701. The van der Waals surface area contributed by atoms with Crippen LogP contribution in [0, 0.1) is 50.2 Å². The lowest BCUT2D eigenvalue weighted by Gasteiger charge is -2.76. The molecule has 10 aliphatic rings. The van der Waals surface area contributed by atoms with Gasteiger partial charge in [-0.25, -0.2) is 0 Å². The van der Waals surface area contributed by atoms with Crippen molar-refractivity contribution in [3.63, 3.8) is 0 Å². The number of aliphatic hydroxyl groups is 2. The standard InChI is InChI=1S/C67H90N4O6/c1-61(2)60(77-61)49(73)33-62(3)20-14-42-35-70-55-45(30-38-28-43(39-12-10-9-11-13-39)31-44(29-38)40-18-26-76-27-19-40)36-71(56(42)55)37-47-51-53(62)48(72)34-65(51,6)64(5)21-16-50-63(4,23-25-68-8)59(75)52-46-17-24-69-54(46)41-15-22-67(52,32-41)66(50,7)58(64)57(47)74/h17,24,28-29,31,35-36,39-41,47,49-50,52,57-58,60,68-70,73-74H,9-16,18-23,25-27,30,32-34,37H2,1-8H3/t41-,47-,49-,50+,52+,57-,58+,60-,62+,63+,64+,65+,66-,67-/m1/s1. The van der Waals surface area contributed by atoms with Gasteiger partial charge in [-0.05, 0) is 207 Å². The average Bonchev–Trinajstić information content (AvgIpc) is 4.30. The zero-order chi connectivity index (χ0) is 53.4. The second-order valence-electron chi connectivity index (χ2n) is 29.3. The van der Waals surface area contributed by atoms with Gasteiger partial charge in [0.25, 0.3) is 0 Å². The number of ketones is 2. The molecular formula is C67H90N4O6. The van der Waals surface area contributed by atoms with Crippen molar-refractivity contribution in [2.75, 3.05) is 26.8 Å². The van der Waals surface area contributed by atoms with Crippen LogP contribution in [0.3, 0.4) is 0 Å². The average molecular weight is 1050 g/mol. The molecule has 1 spiro atoms. The Kier molecular flexibility index (Phi) is 11.7. The van der Waals surface area contributed by atoms with Gasteiger partial charge >= 0.3 is 0 Å². The number of ether oxygens (including phenoxy) is 2. The third-order valence-corrected chi connectivity index (χ3v) is 25.3. The highest BCUT2D eigenvalue weighted by Gasteiger charge is 2.80. The van der Waals surface area contributed by atoms with Crippen molar-refractivity contribution < 1.29 is 29.3 Å². The van der Waals surface area contributed by atoms with Crippen LogP contribution in [0.1, 0.15) is 214 Å². The van der Waals surface area contributed by atoms with Crippen LogP contribution in [0.15, 0.2) is 54.0 Å². The van der Waals surface area contributed by atoms with Crippen molar-refractivity contribution in [2.45, 2.75) is 218 Å². The zero-order valence-electron chi connectivity index (χ0n) is 47.8. The summed E-state index contributed by atoms with van der Waals surface area (Å²) >= 11 is 0. The van der Waals surface area contributed by atoms with Gasteiger partial charge in [-0.1, -0.05) is 72.1 Å². The van der Waals surface area contributed by atoms with Crippen LogP contribution < -0.4 is 5.32 Å². The molecule has 10 heteroatoms. The minimum atomic E-state index is -0.781. The SMILES string of the molecule is CNCC[C@]1(C)C(=O)[C@@H]2c3cc[nH]c3[C@@H]3CC[C@]2(C3)[C@@]2(C)[C@H]3[C@H](O)[C@@H]4Cn5cc(Cc6cc(C7CCCCC7)cc(C7CCOCC7)c6)c6[nH]cc(c65)CC[C@@](C)(C[C@@H](O)[C@H]5OC5(C)C)C5=C4[C@](C)(CC5=O)[C@@]3(C)CC[C@H]21. The Bertz CT molecular complexity index is 3040. The number of fused-ring (bicyclic) bond motifs is 8. The molecule has 10 nitrogen and oxygen atoms in total. The van der Waals surface area contributed by atoms with Gasteiger partial charge in [-0.3, -0.25) is 9.59 Å². The van der Waals surface area contributed by atoms with E-state index in [4.69, 9.17) is 9.47 Å². The lowest BCUT2D eigenvalue weighted by molar-refractivity contribution is -0.267. The summed E-state index contributed by atoms with van der Waals surface area (Å²) in [5, 5.41) is 30.3. The number of nitrogens with one attached hydrogen (secondary N) is 3. The Balaban J connectivity index is 0.945. The number of hydrogen-bond donors (Lipinski definition) is 5. The molecule has 5 N–H and O–H groups in total. The number of aromatic nitrogens is 3. The molecule has 414 valence electrons. The number of nitrogens with zero attached hydrogens (tertiary/aromatic N) is 1. The fourth-order valence-corrected chi connectivity index (χ4v) is 21.5. The summed E-state index contributed by atoms with van der Waals surface area (Å²) < 4.78 is 14.6. The Morgan fingerprint density at radius 2 is 1.62 bits per heavy atom. The summed E-state index contributed by atoms with van der Waals surface area (Å²) in [5.74, 6) is 1.39. The second kappa shape index (κ2) is 17.6. The van der Waals surface area contributed by atoms with E-state index in [1.54, 1.807) is 0 Å². The molecule has 7 fully saturated rings. The minimum Gasteiger partial charge on any atom is -0.392 e. The van der Waals surface area contributed by atoms with E-state index in [9.17, 15) is 10.2 Å². The molecule has 0 radical (unpaired) electrons. The van der Waals surface area contributed by atoms with Crippen LogP contribution >= 0.6 is 0 Å². The Hall–Kier alpha value is -3.80. The van der Waals surface area contributed by atoms with E-state index in [0.717, 1.165) is 89.5 Å². The van der Waals surface area contributed by atoms with Crippen molar-refractivity contribution in [1.82, 2.24) is 19.9 Å². The smallest absolute Gasteiger partial charge is 0.160 e. The van der Waals surface area contributed by atoms with E-state index in [1.807, 2.05) is 7.05 Å². The number of Topliss-reactive ketones (excluding diaryl/α,β-unsaturated/α-hetero) is 2. The molecule has 5 saturated carbocycles. The Morgan fingerprint density at radius 1 is 0.883 bits per heavy atom. The molecule has 2 saturated heterocycles. The molecule has 2 bridgehead atoms. The number of epoxide rings is 1. The fourth-order valence-electron chi connectivity index (χ4n) is 21.5. The van der Waals surface area contributed by atoms with E-state index in [2.05, 4.69) is 111 Å². The summed E-state index contributed by atoms with van der Waals surface area (Å²) in [6, 6.07) is 9.86. The van der Waals surface area contributed by atoms with Crippen LogP contribution in [-0.2, 0) is 38.4 Å². The first-order valence-electron chi connectivity index (χ1n) is 30.9. The van der Waals surface area contributed by atoms with Gasteiger partial charge in [0.1, 0.15) is 11.9 Å². The van der Waals surface area contributed by atoms with Gasteiger partial charge in [-0.15, -0.1) is 0 Å². The summed E-state index contributed by atoms with van der Waals surface area (Å²) in [7, 11) is 2.01. The first-order chi connectivity index (χ1) is 36.8. The number of allylic oxidation sites excluding steroid dienone is 1. The third kappa shape index (κ3) is 7.08. The molecule has 3 aliphatic heterocycles. The molecule has 3 aromatic heterocycles. The number of aliphatic hydroxyl groups excluding tert-OH is 2. The number of hydrogen-bond acceptors (Lipinski definition) is 7. The molecule has 14 atom stereocenters. The number of carbonyl (C=O) groups excluding carboxylic acids is 2. The molecular weight excluding hydrogens is 957 g/mol. The van der Waals surface area contributed by atoms with Crippen LogP contribution in [0.2, 0.25) is 0 Å². The maximum Gasteiger partial charge on any atom is 0.160 e. The molecule has 77 heavy (non-hydrogen) atoms. The van der Waals surface area contributed by atoms with Crippen LogP contribution in [0.4, 0.5) is 0 Å². The number of aryl methyl sites for hydroxylation is 1. The number of benzene rings is 1. The summed E-state index contributed by atoms with van der Waals surface area (Å²) in [6.45, 7) is 19.2. The molecule has 0 amide bonds. The Labute approximate surface area is 458 Å². The lowest BCUT2D eigenvalue weighted by atomic mass is 9.28. The van der Waals surface area contributed by atoms with E-state index >= 15 is 9.59 Å². The first-order valence-corrected chi connectivity index (χ1v) is 30.9. The van der Waals surface area contributed by atoms with Gasteiger partial charge in [0.15, 0.2) is 5.78 Å². The molecule has 0 unspecified atom stereocenters. The zero-order valence-corrected chi connectivity index (χ0v) is 47.8.